The summed E-state index contributed by atoms with van der Waals surface area (Å²) in [4.78, 5) is 24.5. The maximum absolute atomic E-state index is 11.6. The number of fused-ring (bicyclic) bond motifs is 1. The summed E-state index contributed by atoms with van der Waals surface area (Å²) in [6.07, 6.45) is 1.54. The first-order chi connectivity index (χ1) is 10.1. The van der Waals surface area contributed by atoms with Crippen LogP contribution in [0.3, 0.4) is 0 Å². The SMILES string of the molecule is CN(C)C(N)=NC(=N)N.Cn1c(N)nc2ncn(C)c2c1=O. The van der Waals surface area contributed by atoms with Crippen molar-refractivity contribution in [1.82, 2.24) is 24.0 Å². The minimum Gasteiger partial charge on any atom is -0.369 e. The molecule has 0 bridgehead atoms. The van der Waals surface area contributed by atoms with Crippen molar-refractivity contribution in [2.45, 2.75) is 0 Å². The summed E-state index contributed by atoms with van der Waals surface area (Å²) >= 11 is 0. The Morgan fingerprint density at radius 1 is 1.36 bits per heavy atom. The third kappa shape index (κ3) is 3.71. The highest BCUT2D eigenvalue weighted by Gasteiger charge is 2.09. The van der Waals surface area contributed by atoms with Gasteiger partial charge in [0, 0.05) is 28.2 Å². The fourth-order valence-corrected chi connectivity index (χ4v) is 1.42. The molecule has 0 fully saturated rings. The molecule has 11 nitrogen and oxygen atoms in total. The summed E-state index contributed by atoms with van der Waals surface area (Å²) in [6.45, 7) is 0. The minimum atomic E-state index is -0.277. The molecule has 2 aromatic rings. The van der Waals surface area contributed by atoms with E-state index in [0.717, 1.165) is 0 Å². The van der Waals surface area contributed by atoms with Crippen LogP contribution in [0.4, 0.5) is 5.95 Å². The molecule has 0 saturated heterocycles. The molecule has 120 valence electrons. The fourth-order valence-electron chi connectivity index (χ4n) is 1.42. The van der Waals surface area contributed by atoms with E-state index in [0.29, 0.717) is 11.2 Å². The molecule has 22 heavy (non-hydrogen) atoms. The van der Waals surface area contributed by atoms with Gasteiger partial charge in [-0.1, -0.05) is 0 Å². The molecule has 0 atom stereocenters. The van der Waals surface area contributed by atoms with Gasteiger partial charge in [0.2, 0.25) is 11.9 Å². The van der Waals surface area contributed by atoms with Crippen LogP contribution in [-0.2, 0) is 14.1 Å². The monoisotopic (exact) mass is 308 g/mol. The largest absolute Gasteiger partial charge is 0.369 e. The molecule has 0 aromatic carbocycles. The lowest BCUT2D eigenvalue weighted by atomic mass is 10.5. The van der Waals surface area contributed by atoms with Gasteiger partial charge in [0.05, 0.1) is 6.33 Å². The number of aryl methyl sites for hydroxylation is 1. The van der Waals surface area contributed by atoms with Crippen LogP contribution in [0.2, 0.25) is 0 Å². The molecule has 0 spiro atoms. The van der Waals surface area contributed by atoms with E-state index in [-0.39, 0.29) is 23.4 Å². The Hall–Kier alpha value is -3.11. The lowest BCUT2D eigenvalue weighted by Gasteiger charge is -2.08. The van der Waals surface area contributed by atoms with E-state index in [1.54, 1.807) is 44.0 Å². The molecular weight excluding hydrogens is 288 g/mol. The predicted octanol–water partition coefficient (Wildman–Crippen LogP) is -1.99. The Kier molecular flexibility index (Phi) is 5.05. The normalized spacial score (nSPS) is 11.0. The zero-order chi connectivity index (χ0) is 17.0. The van der Waals surface area contributed by atoms with Crippen LogP contribution >= 0.6 is 0 Å². The lowest BCUT2D eigenvalue weighted by Crippen LogP contribution is -2.32. The second kappa shape index (κ2) is 6.56. The Morgan fingerprint density at radius 2 is 1.95 bits per heavy atom. The smallest absolute Gasteiger partial charge is 0.280 e. The van der Waals surface area contributed by atoms with Gasteiger partial charge < -0.3 is 26.7 Å². The highest BCUT2D eigenvalue weighted by atomic mass is 16.1. The number of imidazole rings is 1. The molecule has 11 heteroatoms. The topological polar surface area (TPSA) is 170 Å². The number of nitrogen functional groups attached to an aromatic ring is 1. The molecule has 7 N–H and O–H groups in total. The Morgan fingerprint density at radius 3 is 2.41 bits per heavy atom. The van der Waals surface area contributed by atoms with E-state index in [1.807, 2.05) is 0 Å². The summed E-state index contributed by atoms with van der Waals surface area (Å²) in [5, 5.41) is 6.70. The number of guanidine groups is 2. The van der Waals surface area contributed by atoms with Crippen LogP contribution < -0.4 is 22.8 Å². The number of aromatic nitrogens is 4. The maximum atomic E-state index is 11.6. The number of hydrogen-bond donors (Lipinski definition) is 4. The summed E-state index contributed by atoms with van der Waals surface area (Å²) < 4.78 is 2.92. The van der Waals surface area contributed by atoms with Gasteiger partial charge in [0.25, 0.3) is 5.56 Å². The van der Waals surface area contributed by atoms with Gasteiger partial charge >= 0.3 is 0 Å². The van der Waals surface area contributed by atoms with Crippen LogP contribution in [0.1, 0.15) is 0 Å². The molecule has 0 aliphatic heterocycles. The summed E-state index contributed by atoms with van der Waals surface area (Å²) in [5.74, 6) is 0.139. The van der Waals surface area contributed by atoms with Crippen molar-refractivity contribution >= 4 is 29.0 Å². The van der Waals surface area contributed by atoms with Crippen LogP contribution in [0.5, 0.6) is 0 Å². The number of nitrogens with two attached hydrogens (primary N) is 3. The zero-order valence-corrected chi connectivity index (χ0v) is 12.9. The molecular formula is C11H20N10O. The number of nitrogens with zero attached hydrogens (tertiary/aromatic N) is 6. The van der Waals surface area contributed by atoms with Crippen LogP contribution in [0.25, 0.3) is 11.2 Å². The highest BCUT2D eigenvalue weighted by molar-refractivity contribution is 5.91. The minimum absolute atomic E-state index is 0.177. The molecule has 0 amide bonds. The number of anilines is 1. The fraction of sp³-hybridized carbons (Fsp3) is 0.364. The molecule has 2 aromatic heterocycles. The number of aliphatic imine (C=N–C) groups is 1. The van der Waals surface area contributed by atoms with Gasteiger partial charge in [-0.15, -0.1) is 0 Å². The number of rotatable bonds is 0. The van der Waals surface area contributed by atoms with E-state index < -0.39 is 0 Å². The highest BCUT2D eigenvalue weighted by Crippen LogP contribution is 2.04. The van der Waals surface area contributed by atoms with Gasteiger partial charge in [-0.05, 0) is 0 Å². The molecule has 0 aliphatic carbocycles. The van der Waals surface area contributed by atoms with Crippen molar-refractivity contribution in [1.29, 1.82) is 5.41 Å². The Labute approximate surface area is 126 Å². The van der Waals surface area contributed by atoms with E-state index in [4.69, 9.17) is 22.6 Å². The van der Waals surface area contributed by atoms with E-state index in [2.05, 4.69) is 15.0 Å². The third-order valence-corrected chi connectivity index (χ3v) is 2.68. The van der Waals surface area contributed by atoms with Crippen LogP contribution in [0, 0.1) is 5.41 Å². The Bertz CT molecular complexity index is 769. The van der Waals surface area contributed by atoms with Gasteiger partial charge in [0.15, 0.2) is 17.1 Å². The Balaban J connectivity index is 0.000000239. The predicted molar refractivity (Wildman–Crippen MR) is 85.4 cm³/mol. The van der Waals surface area contributed by atoms with Crippen molar-refractivity contribution in [3.63, 3.8) is 0 Å². The average Bonchev–Trinajstić information content (AvgIpc) is 2.77. The van der Waals surface area contributed by atoms with Crippen LogP contribution in [0.15, 0.2) is 16.1 Å². The van der Waals surface area contributed by atoms with E-state index in [9.17, 15) is 4.79 Å². The molecule has 2 rings (SSSR count). The molecule has 0 radical (unpaired) electrons. The number of hydrogen-bond acceptors (Lipinski definition) is 5. The maximum Gasteiger partial charge on any atom is 0.280 e. The van der Waals surface area contributed by atoms with Crippen molar-refractivity contribution < 1.29 is 0 Å². The van der Waals surface area contributed by atoms with E-state index >= 15 is 0 Å². The summed E-state index contributed by atoms with van der Waals surface area (Å²) in [5.41, 5.74) is 16.4. The van der Waals surface area contributed by atoms with Crippen molar-refractivity contribution in [2.75, 3.05) is 19.8 Å². The first kappa shape index (κ1) is 16.9. The van der Waals surface area contributed by atoms with Gasteiger partial charge in [-0.3, -0.25) is 14.8 Å². The summed E-state index contributed by atoms with van der Waals surface area (Å²) in [6, 6.07) is 0. The quantitative estimate of drug-likeness (QED) is 0.322. The molecule has 0 aliphatic rings. The zero-order valence-electron chi connectivity index (χ0n) is 12.9. The molecule has 0 unspecified atom stereocenters. The van der Waals surface area contributed by atoms with Gasteiger partial charge in [-0.2, -0.15) is 9.98 Å². The van der Waals surface area contributed by atoms with Crippen molar-refractivity contribution in [2.24, 2.45) is 30.6 Å². The lowest BCUT2D eigenvalue weighted by molar-refractivity contribution is 0.615. The third-order valence-electron chi connectivity index (χ3n) is 2.68. The van der Waals surface area contributed by atoms with Gasteiger partial charge in [-0.25, -0.2) is 4.98 Å². The first-order valence-electron chi connectivity index (χ1n) is 6.14. The van der Waals surface area contributed by atoms with E-state index in [1.165, 1.54) is 4.57 Å². The summed E-state index contributed by atoms with van der Waals surface area (Å²) in [7, 11) is 6.77. The van der Waals surface area contributed by atoms with Crippen molar-refractivity contribution in [3.8, 4) is 0 Å². The number of nitrogens with one attached hydrogen (secondary N) is 1. The second-order valence-electron chi connectivity index (χ2n) is 4.61. The standard InChI is InChI=1S/C7H9N5O.C4H11N5/c1-11-3-9-5-4(11)6(13)12(2)7(8)10-5;1-9(2)4(7)8-3(5)6/h3H,1-2H3,(H2,8,10);1-2H3,(H5,5,6,7,8). The molecule has 0 saturated carbocycles. The van der Waals surface area contributed by atoms with Crippen molar-refractivity contribution in [3.05, 3.63) is 16.7 Å². The second-order valence-corrected chi connectivity index (χ2v) is 4.61. The van der Waals surface area contributed by atoms with Crippen LogP contribution in [-0.4, -0.2) is 50.0 Å². The first-order valence-corrected chi connectivity index (χ1v) is 6.14. The molecule has 2 heterocycles. The average molecular weight is 308 g/mol. The van der Waals surface area contributed by atoms with Gasteiger partial charge in [0.1, 0.15) is 0 Å².